The van der Waals surface area contributed by atoms with Crippen molar-refractivity contribution in [3.8, 4) is 28.3 Å². The van der Waals surface area contributed by atoms with Crippen LogP contribution in [-0.2, 0) is 95.8 Å². The topological polar surface area (TPSA) is 218 Å². The highest BCUT2D eigenvalue weighted by molar-refractivity contribution is 9.10. The molecule has 0 spiro atoms. The summed E-state index contributed by atoms with van der Waals surface area (Å²) >= 11 is 12.7. The number of nitrogens with zero attached hydrogens (tertiary/aromatic N) is 13. The number of nitrogens with one attached hydrogen (secondary N) is 3. The zero-order valence-electron chi connectivity index (χ0n) is 61.8. The molecule has 1 aliphatic carbocycles. The van der Waals surface area contributed by atoms with E-state index in [1.165, 1.54) is 50.3 Å². The maximum atomic E-state index is 13.1. The number of hydrogen-bond acceptors (Lipinski definition) is 13. The molecule has 1 atom stereocenters. The van der Waals surface area contributed by atoms with Gasteiger partial charge in [0.1, 0.15) is 15.0 Å². The molecule has 0 fully saturated rings. The Kier molecular flexibility index (Phi) is 27.1. The summed E-state index contributed by atoms with van der Waals surface area (Å²) in [6, 6.07) is 34.8. The molecule has 5 N–H and O–H groups in total. The van der Waals surface area contributed by atoms with E-state index in [0.29, 0.717) is 49.6 Å². The van der Waals surface area contributed by atoms with Gasteiger partial charge in [-0.1, -0.05) is 114 Å². The van der Waals surface area contributed by atoms with Gasteiger partial charge in [-0.15, -0.1) is 12.4 Å². The number of aromatic amines is 2. The number of para-hydroxylation sites is 3. The van der Waals surface area contributed by atoms with Gasteiger partial charge in [-0.2, -0.15) is 54.8 Å². The molecule has 2 aliphatic heterocycles. The number of anilines is 1. The van der Waals surface area contributed by atoms with Crippen molar-refractivity contribution >= 4 is 96.2 Å². The standard InChI is InChI=1S/C29H27F3N6.C22H22BrF3N4.C16H20BrN3.C8H8BNO2.C5H2ClF3N2.ClH/c1-3-18-6-5-7-19(4-2)26(18)38-27(21-8-9-24-20(14-21)10-12-33-24)23-17-37(13-11-25(23)36-38)28-34-15-22(16-35-28)29(30,31)32;1-3-13-6-5-7-14(4-2)19(13)30-20(23)17-10-15(8-9-18(17)29-30)21-27-11-16(12-28-21)22(24,25)26;1-3-11-6-5-7-12(4-2)15(11)20-16(17)13-10-18-9-8-14(13)19-20;11-9(12)7-1-2-8-6(5-7)3-4-10-8;6-4-10-1-3(2-11-4)5(7,8)9;/h5-10,12,14-16,33H,3-4,11,13,17H2,1-2H3;5-7,11-12,15H,3-4,8-10H2,1-2H3;5-7,18H,3-4,8-10H2,1-2H3;1-5,10-12H;1-2H;1H. The molecule has 10 heterocycles. The Morgan fingerprint density at radius 3 is 1.41 bits per heavy atom. The lowest BCUT2D eigenvalue weighted by molar-refractivity contribution is -0.138. The van der Waals surface area contributed by atoms with Crippen molar-refractivity contribution in [1.29, 1.82) is 0 Å². The third-order valence-corrected chi connectivity index (χ3v) is 21.7. The third-order valence-electron chi connectivity index (χ3n) is 19.9. The van der Waals surface area contributed by atoms with Gasteiger partial charge >= 0.3 is 25.6 Å². The molecule has 112 heavy (non-hydrogen) atoms. The first-order chi connectivity index (χ1) is 53.2. The third kappa shape index (κ3) is 18.6. The second kappa shape index (κ2) is 36.2. The van der Waals surface area contributed by atoms with Crippen LogP contribution in [0.15, 0.2) is 162 Å². The first-order valence-corrected chi connectivity index (χ1v) is 38.5. The lowest BCUT2D eigenvalue weighted by atomic mass is 9.80. The first-order valence-electron chi connectivity index (χ1n) is 36.5. The summed E-state index contributed by atoms with van der Waals surface area (Å²) in [5, 5.41) is 38.0. The molecule has 5 aromatic carbocycles. The Hall–Kier alpha value is -9.30. The minimum absolute atomic E-state index is 0. The second-order valence-electron chi connectivity index (χ2n) is 26.7. The van der Waals surface area contributed by atoms with E-state index in [2.05, 4.69) is 201 Å². The summed E-state index contributed by atoms with van der Waals surface area (Å²) in [4.78, 5) is 30.7. The van der Waals surface area contributed by atoms with Gasteiger partial charge in [0.2, 0.25) is 11.2 Å². The quantitative estimate of drug-likeness (QED) is 0.0413. The molecule has 0 saturated heterocycles. The first kappa shape index (κ1) is 83.6. The Balaban J connectivity index is 0.000000149. The monoisotopic (exact) mass is 1710 g/mol. The predicted molar refractivity (Wildman–Crippen MR) is 426 cm³/mol. The van der Waals surface area contributed by atoms with Crippen molar-refractivity contribution in [2.45, 2.75) is 150 Å². The molecule has 0 saturated carbocycles. The number of hydrogen-bond donors (Lipinski definition) is 5. The predicted octanol–water partition coefficient (Wildman–Crippen LogP) is 18.2. The van der Waals surface area contributed by atoms with Gasteiger partial charge in [0.05, 0.1) is 56.5 Å². The van der Waals surface area contributed by atoms with Crippen LogP contribution in [-0.4, -0.2) is 99.5 Å². The minimum atomic E-state index is -4.47. The van der Waals surface area contributed by atoms with Gasteiger partial charge in [0.25, 0.3) is 0 Å². The van der Waals surface area contributed by atoms with Gasteiger partial charge in [-0.05, 0) is 176 Å². The number of halogens is 13. The van der Waals surface area contributed by atoms with E-state index < -0.39 is 42.3 Å². The van der Waals surface area contributed by atoms with E-state index in [-0.39, 0.29) is 29.6 Å². The van der Waals surface area contributed by atoms with Gasteiger partial charge in [0.15, 0.2) is 0 Å². The summed E-state index contributed by atoms with van der Waals surface area (Å²) in [5.41, 5.74) is 19.8. The van der Waals surface area contributed by atoms with Gasteiger partial charge in [0, 0.05) is 133 Å². The summed E-state index contributed by atoms with van der Waals surface area (Å²) in [6.45, 7) is 15.9. The number of rotatable bonds is 13. The van der Waals surface area contributed by atoms with E-state index in [4.69, 9.17) is 36.9 Å². The number of alkyl halides is 9. The highest BCUT2D eigenvalue weighted by Crippen LogP contribution is 2.41. The molecule has 586 valence electrons. The van der Waals surface area contributed by atoms with Crippen LogP contribution in [0.3, 0.4) is 0 Å². The fraction of sp³-hybridized carbons (Fsp3) is 0.312. The largest absolute Gasteiger partial charge is 0.488 e. The van der Waals surface area contributed by atoms with Crippen LogP contribution in [0.25, 0.3) is 50.1 Å². The molecular formula is C80H80BBr2Cl2F9N16O2. The number of fused-ring (bicyclic) bond motifs is 5. The maximum absolute atomic E-state index is 13.1. The van der Waals surface area contributed by atoms with Crippen molar-refractivity contribution in [3.05, 3.63) is 257 Å². The van der Waals surface area contributed by atoms with Crippen LogP contribution in [0.4, 0.5) is 45.5 Å². The Labute approximate surface area is 669 Å². The Morgan fingerprint density at radius 2 is 0.938 bits per heavy atom. The number of H-pyrrole nitrogens is 2. The summed E-state index contributed by atoms with van der Waals surface area (Å²) in [6.07, 6.45) is 4.59. The highest BCUT2D eigenvalue weighted by Gasteiger charge is 2.36. The van der Waals surface area contributed by atoms with Crippen molar-refractivity contribution in [2.24, 2.45) is 0 Å². The zero-order valence-corrected chi connectivity index (χ0v) is 66.6. The van der Waals surface area contributed by atoms with Gasteiger partial charge in [-0.3, -0.25) is 0 Å². The SMILES string of the molecule is CCc1cccc(CC)c1-n1nc2c(c1-c1ccc3[nH]ccc3c1)CN(c1ncc(C(F)(F)F)cn1)CC2.CCc1cccc(CC)c1-n1nc2c(c1Br)CC(c1ncc(C(F)(F)F)cn1)CC2.CCc1cccc(CC)c1-n1nc2c(c1Br)CNCC2.Cl.FC(F)(F)c1cnc(Cl)nc1.OB(O)c1ccc2[nH]ccc2c1. The Morgan fingerprint density at radius 1 is 0.509 bits per heavy atom. The summed E-state index contributed by atoms with van der Waals surface area (Å²) in [7, 11) is -1.38. The van der Waals surface area contributed by atoms with Crippen LogP contribution in [0.1, 0.15) is 144 Å². The molecule has 0 bridgehead atoms. The summed E-state index contributed by atoms with van der Waals surface area (Å²) < 4.78 is 121. The fourth-order valence-corrected chi connectivity index (χ4v) is 15.4. The average Bonchev–Trinajstić information content (AvgIpc) is 1.59. The van der Waals surface area contributed by atoms with Gasteiger partial charge < -0.3 is 30.2 Å². The van der Waals surface area contributed by atoms with Crippen molar-refractivity contribution in [2.75, 3.05) is 18.0 Å². The number of benzene rings is 5. The molecule has 3 aliphatic rings. The molecule has 8 aromatic heterocycles. The van der Waals surface area contributed by atoms with Gasteiger partial charge in [-0.25, -0.2) is 43.9 Å². The molecular weight excluding hydrogens is 1630 g/mol. The zero-order chi connectivity index (χ0) is 79.1. The van der Waals surface area contributed by atoms with Crippen molar-refractivity contribution in [3.63, 3.8) is 0 Å². The normalized spacial score (nSPS) is 13.9. The molecule has 0 radical (unpaired) electrons. The lowest BCUT2D eigenvalue weighted by Crippen LogP contribution is -2.31. The fourth-order valence-electron chi connectivity index (χ4n) is 14.0. The number of aryl methyl sites for hydroxylation is 7. The molecule has 1 unspecified atom stereocenters. The molecule has 18 nitrogen and oxygen atoms in total. The minimum Gasteiger partial charge on any atom is -0.423 e. The van der Waals surface area contributed by atoms with E-state index in [0.717, 1.165) is 172 Å². The van der Waals surface area contributed by atoms with E-state index in [9.17, 15) is 39.5 Å². The van der Waals surface area contributed by atoms with Crippen molar-refractivity contribution < 1.29 is 49.6 Å². The van der Waals surface area contributed by atoms with Crippen molar-refractivity contribution in [1.82, 2.24) is 74.5 Å². The second-order valence-corrected chi connectivity index (χ2v) is 28.5. The van der Waals surface area contributed by atoms with Crippen LogP contribution in [0, 0.1) is 0 Å². The molecule has 32 heteroatoms. The van der Waals surface area contributed by atoms with E-state index in [1.54, 1.807) is 12.1 Å². The Bertz CT molecular complexity index is 5310. The van der Waals surface area contributed by atoms with E-state index >= 15 is 0 Å². The average molecular weight is 1710 g/mol. The molecule has 16 rings (SSSR count). The highest BCUT2D eigenvalue weighted by atomic mass is 79.9. The van der Waals surface area contributed by atoms with Crippen LogP contribution >= 0.6 is 55.9 Å². The smallest absolute Gasteiger partial charge is 0.423 e. The number of aromatic nitrogens is 14. The molecule has 0 amide bonds. The maximum Gasteiger partial charge on any atom is 0.488 e. The lowest BCUT2D eigenvalue weighted by Gasteiger charge is -2.27. The van der Waals surface area contributed by atoms with E-state index in [1.807, 2.05) is 40.2 Å². The molecule has 13 aromatic rings. The van der Waals surface area contributed by atoms with Crippen LogP contribution in [0.2, 0.25) is 5.28 Å². The summed E-state index contributed by atoms with van der Waals surface area (Å²) in [5.74, 6) is 0.712. The van der Waals surface area contributed by atoms with Crippen LogP contribution in [0.5, 0.6) is 0 Å². The van der Waals surface area contributed by atoms with Crippen LogP contribution < -0.4 is 15.7 Å².